The Hall–Kier alpha value is -5.59. The van der Waals surface area contributed by atoms with E-state index >= 15 is 4.39 Å². The van der Waals surface area contributed by atoms with Crippen molar-refractivity contribution in [1.82, 2.24) is 34.4 Å². The van der Waals surface area contributed by atoms with E-state index in [0.717, 1.165) is 22.4 Å². The van der Waals surface area contributed by atoms with Crippen molar-refractivity contribution in [3.63, 3.8) is 0 Å². The SMILES string of the molecule is Cc1ccncc1-c1cc2cc(Nc3cc4n(n3)CC(=O)N(C)C/C4=C/c3cnn(C)c3)ncc2c(NC(=O)OC(C)(C)C)c1F. The number of rotatable bonds is 5. The minimum atomic E-state index is -0.787. The summed E-state index contributed by atoms with van der Waals surface area (Å²) < 4.78 is 24.9. The largest absolute Gasteiger partial charge is 0.444 e. The van der Waals surface area contributed by atoms with E-state index in [4.69, 9.17) is 4.74 Å². The van der Waals surface area contributed by atoms with Crippen LogP contribution >= 0.6 is 0 Å². The highest BCUT2D eigenvalue weighted by Crippen LogP contribution is 2.37. The molecule has 13 heteroatoms. The van der Waals surface area contributed by atoms with Crippen LogP contribution in [0.1, 0.15) is 37.6 Å². The van der Waals surface area contributed by atoms with Crippen molar-refractivity contribution in [3.8, 4) is 11.1 Å². The summed E-state index contributed by atoms with van der Waals surface area (Å²) in [6.45, 7) is 7.55. The molecule has 6 rings (SSSR count). The zero-order valence-corrected chi connectivity index (χ0v) is 26.4. The highest BCUT2D eigenvalue weighted by atomic mass is 19.1. The van der Waals surface area contributed by atoms with Crippen LogP contribution in [0.4, 0.5) is 26.5 Å². The van der Waals surface area contributed by atoms with Gasteiger partial charge in [0.15, 0.2) is 11.6 Å². The monoisotopic (exact) mass is 623 g/mol. The fourth-order valence-electron chi connectivity index (χ4n) is 5.31. The van der Waals surface area contributed by atoms with E-state index in [0.29, 0.717) is 34.5 Å². The lowest BCUT2D eigenvalue weighted by Crippen LogP contribution is -2.28. The minimum absolute atomic E-state index is 0.0504. The molecule has 1 aliphatic heterocycles. The van der Waals surface area contributed by atoms with E-state index in [-0.39, 0.29) is 23.7 Å². The first kappa shape index (κ1) is 30.4. The maximum absolute atomic E-state index is 16.1. The molecule has 46 heavy (non-hydrogen) atoms. The summed E-state index contributed by atoms with van der Waals surface area (Å²) in [4.78, 5) is 35.9. The zero-order chi connectivity index (χ0) is 32.7. The smallest absolute Gasteiger partial charge is 0.412 e. The van der Waals surface area contributed by atoms with E-state index in [1.54, 1.807) is 78.9 Å². The number of hydrogen-bond donors (Lipinski definition) is 2. The molecule has 0 unspecified atom stereocenters. The fraction of sp³-hybridized carbons (Fsp3) is 0.273. The van der Waals surface area contributed by atoms with Gasteiger partial charge in [-0.1, -0.05) is 0 Å². The van der Waals surface area contributed by atoms with Crippen molar-refractivity contribution in [2.75, 3.05) is 24.2 Å². The molecule has 2 amide bonds. The van der Waals surface area contributed by atoms with E-state index in [1.807, 2.05) is 32.3 Å². The number of carbonyl (C=O) groups excluding carboxylic acids is 2. The van der Waals surface area contributed by atoms with Gasteiger partial charge in [-0.15, -0.1) is 0 Å². The number of likely N-dealkylation sites (N-methyl/N-ethyl adjacent to an activating group) is 1. The Morgan fingerprint density at radius 2 is 1.87 bits per heavy atom. The molecule has 4 aromatic heterocycles. The summed E-state index contributed by atoms with van der Waals surface area (Å²) in [5.41, 5.74) is 3.43. The van der Waals surface area contributed by atoms with Gasteiger partial charge in [0, 0.05) is 73.6 Å². The van der Waals surface area contributed by atoms with E-state index in [9.17, 15) is 9.59 Å². The lowest BCUT2D eigenvalue weighted by Gasteiger charge is -2.21. The number of fused-ring (bicyclic) bond motifs is 2. The third-order valence-electron chi connectivity index (χ3n) is 7.47. The van der Waals surface area contributed by atoms with Crippen LogP contribution in [0.2, 0.25) is 0 Å². The molecule has 0 bridgehead atoms. The molecule has 0 atom stereocenters. The molecule has 5 aromatic rings. The molecule has 5 heterocycles. The van der Waals surface area contributed by atoms with Gasteiger partial charge in [-0.3, -0.25) is 24.5 Å². The zero-order valence-electron chi connectivity index (χ0n) is 26.4. The Labute approximate surface area is 264 Å². The van der Waals surface area contributed by atoms with Gasteiger partial charge in [0.25, 0.3) is 0 Å². The molecular formula is C33H34FN9O3. The van der Waals surface area contributed by atoms with Crippen LogP contribution in [0.5, 0.6) is 0 Å². The minimum Gasteiger partial charge on any atom is -0.444 e. The number of nitrogens with zero attached hydrogens (tertiary/aromatic N) is 7. The summed E-state index contributed by atoms with van der Waals surface area (Å²) in [7, 11) is 3.61. The molecule has 236 valence electrons. The van der Waals surface area contributed by atoms with Crippen molar-refractivity contribution in [3.05, 3.63) is 77.9 Å². The Bertz CT molecular complexity index is 2020. The quantitative estimate of drug-likeness (QED) is 0.252. The first-order valence-electron chi connectivity index (χ1n) is 14.7. The maximum Gasteiger partial charge on any atom is 0.412 e. The average molecular weight is 624 g/mol. The number of anilines is 3. The predicted octanol–water partition coefficient (Wildman–Crippen LogP) is 5.78. The summed E-state index contributed by atoms with van der Waals surface area (Å²) in [5.74, 6) is 0.219. The number of amides is 2. The Balaban J connectivity index is 1.40. The van der Waals surface area contributed by atoms with E-state index < -0.39 is 17.5 Å². The topological polar surface area (TPSA) is 132 Å². The van der Waals surface area contributed by atoms with Crippen molar-refractivity contribution >= 4 is 51.7 Å². The van der Waals surface area contributed by atoms with Gasteiger partial charge < -0.3 is 15.0 Å². The van der Waals surface area contributed by atoms with Crippen molar-refractivity contribution in [2.24, 2.45) is 7.05 Å². The fourth-order valence-corrected chi connectivity index (χ4v) is 5.31. The van der Waals surface area contributed by atoms with Crippen LogP contribution in [0.25, 0.3) is 33.5 Å². The van der Waals surface area contributed by atoms with E-state index in [2.05, 4.69) is 30.8 Å². The molecule has 0 radical (unpaired) electrons. The molecule has 12 nitrogen and oxygen atoms in total. The van der Waals surface area contributed by atoms with Gasteiger partial charge >= 0.3 is 6.09 Å². The normalized spacial score (nSPS) is 14.4. The van der Waals surface area contributed by atoms with Gasteiger partial charge in [-0.25, -0.2) is 14.2 Å². The van der Waals surface area contributed by atoms with Gasteiger partial charge in [-0.2, -0.15) is 10.2 Å². The lowest BCUT2D eigenvalue weighted by molar-refractivity contribution is -0.129. The summed E-state index contributed by atoms with van der Waals surface area (Å²) in [5, 5.41) is 15.7. The van der Waals surface area contributed by atoms with Crippen LogP contribution in [-0.4, -0.2) is 65.6 Å². The second kappa shape index (κ2) is 11.7. The van der Waals surface area contributed by atoms with Crippen molar-refractivity contribution in [2.45, 2.75) is 39.8 Å². The summed E-state index contributed by atoms with van der Waals surface area (Å²) in [6.07, 6.45) is 9.57. The van der Waals surface area contributed by atoms with Crippen molar-refractivity contribution in [1.29, 1.82) is 0 Å². The number of aryl methyl sites for hydroxylation is 2. The second-order valence-corrected chi connectivity index (χ2v) is 12.3. The third-order valence-corrected chi connectivity index (χ3v) is 7.47. The lowest BCUT2D eigenvalue weighted by atomic mass is 9.98. The molecule has 2 N–H and O–H groups in total. The standard InChI is InChI=1S/C33H34FN9O3/c1-19-7-8-35-14-24(19)23-10-21-11-27(36-15-25(21)31(30(23)34)39-32(45)46-33(2,3)4)38-28-12-26-22(9-20-13-37-42(6)16-20)17-41(5)29(44)18-43(26)40-28/h7-16H,17-18H2,1-6H3,(H,39,45)(H,36,38,40)/b22-9-. The number of benzene rings is 1. The molecule has 1 aromatic carbocycles. The number of aromatic nitrogens is 6. The molecule has 0 aliphatic carbocycles. The van der Waals surface area contributed by atoms with Gasteiger partial charge in [0.05, 0.1) is 17.6 Å². The number of halogens is 1. The van der Waals surface area contributed by atoms with Gasteiger partial charge in [0.2, 0.25) is 5.91 Å². The van der Waals surface area contributed by atoms with Gasteiger partial charge in [-0.05, 0) is 68.5 Å². The number of hydrogen-bond acceptors (Lipinski definition) is 8. The van der Waals surface area contributed by atoms with Gasteiger partial charge in [0.1, 0.15) is 18.0 Å². The highest BCUT2D eigenvalue weighted by Gasteiger charge is 2.25. The molecule has 1 aliphatic rings. The highest BCUT2D eigenvalue weighted by molar-refractivity contribution is 6.04. The molecular weight excluding hydrogens is 589 g/mol. The predicted molar refractivity (Wildman–Crippen MR) is 174 cm³/mol. The average Bonchev–Trinajstić information content (AvgIpc) is 3.55. The van der Waals surface area contributed by atoms with Crippen LogP contribution in [0, 0.1) is 12.7 Å². The molecule has 0 spiro atoms. The second-order valence-electron chi connectivity index (χ2n) is 12.3. The molecule has 0 saturated heterocycles. The summed E-state index contributed by atoms with van der Waals surface area (Å²) >= 11 is 0. The first-order chi connectivity index (χ1) is 21.8. The number of carbonyl (C=O) groups is 2. The number of pyridine rings is 2. The Morgan fingerprint density at radius 3 is 2.59 bits per heavy atom. The van der Waals surface area contributed by atoms with Crippen LogP contribution < -0.4 is 10.6 Å². The van der Waals surface area contributed by atoms with Crippen LogP contribution in [0.15, 0.2) is 55.2 Å². The molecule has 0 fully saturated rings. The number of ether oxygens (including phenoxy) is 1. The Morgan fingerprint density at radius 1 is 1.07 bits per heavy atom. The Kier molecular flexibility index (Phi) is 7.76. The van der Waals surface area contributed by atoms with Crippen molar-refractivity contribution < 1.29 is 18.7 Å². The van der Waals surface area contributed by atoms with Crippen LogP contribution in [-0.2, 0) is 23.1 Å². The first-order valence-corrected chi connectivity index (χ1v) is 14.7. The van der Waals surface area contributed by atoms with Crippen LogP contribution in [0.3, 0.4) is 0 Å². The molecule has 0 saturated carbocycles. The maximum atomic E-state index is 16.1. The van der Waals surface area contributed by atoms with E-state index in [1.165, 1.54) is 6.20 Å². The third kappa shape index (κ3) is 6.29. The number of nitrogens with one attached hydrogen (secondary N) is 2. The summed E-state index contributed by atoms with van der Waals surface area (Å²) in [6, 6.07) is 7.11.